The van der Waals surface area contributed by atoms with Crippen LogP contribution in [0.2, 0.25) is 5.02 Å². The molecule has 14 heavy (non-hydrogen) atoms. The summed E-state index contributed by atoms with van der Waals surface area (Å²) in [6, 6.07) is 5.42. The lowest BCUT2D eigenvalue weighted by Gasteiger charge is -2.00. The van der Waals surface area contributed by atoms with Gasteiger partial charge in [-0.3, -0.25) is 0 Å². The lowest BCUT2D eigenvalue weighted by atomic mass is 10.3. The number of rotatable bonds is 2. The number of benzene rings is 1. The largest absolute Gasteiger partial charge is 0.385 e. The van der Waals surface area contributed by atoms with Crippen LogP contribution in [0.5, 0.6) is 0 Å². The molecule has 2 aromatic rings. The van der Waals surface area contributed by atoms with E-state index in [4.69, 9.17) is 11.6 Å². The summed E-state index contributed by atoms with van der Waals surface area (Å²) in [5, 5.41) is 10.2. The molecule has 0 saturated carbocycles. The summed E-state index contributed by atoms with van der Waals surface area (Å²) >= 11 is 5.83. The highest BCUT2D eigenvalue weighted by Gasteiger charge is 2.09. The first-order chi connectivity index (χ1) is 6.70. The Balaban J connectivity index is 2.51. The topological polar surface area (TPSA) is 48.9 Å². The number of aliphatic hydroxyl groups is 1. The van der Waals surface area contributed by atoms with Gasteiger partial charge >= 0.3 is 0 Å². The minimum atomic E-state index is -0.527. The summed E-state index contributed by atoms with van der Waals surface area (Å²) in [7, 11) is 0. The van der Waals surface area contributed by atoms with Crippen molar-refractivity contribution in [2.75, 3.05) is 0 Å². The molecule has 0 aliphatic heterocycles. The van der Waals surface area contributed by atoms with E-state index in [9.17, 15) is 5.11 Å². The molecule has 2 rings (SSSR count). The smallest absolute Gasteiger partial charge is 0.136 e. The van der Waals surface area contributed by atoms with Crippen molar-refractivity contribution in [3.05, 3.63) is 29.0 Å². The van der Waals surface area contributed by atoms with Crippen molar-refractivity contribution < 1.29 is 5.11 Å². The Morgan fingerprint density at radius 1 is 1.57 bits per heavy atom. The maximum atomic E-state index is 9.57. The molecule has 74 valence electrons. The first kappa shape index (κ1) is 9.49. The fraction of sp³-hybridized carbons (Fsp3) is 0.300. The molecule has 0 fully saturated rings. The van der Waals surface area contributed by atoms with Gasteiger partial charge < -0.3 is 10.1 Å². The number of halogens is 1. The summed E-state index contributed by atoms with van der Waals surface area (Å²) in [6.45, 7) is 1.91. The SMILES string of the molecule is CC[C@H](O)c1nc2ccc(Cl)cc2[nH]1. The predicted octanol–water partition coefficient (Wildman–Crippen LogP) is 2.66. The van der Waals surface area contributed by atoms with E-state index >= 15 is 0 Å². The summed E-state index contributed by atoms with van der Waals surface area (Å²) in [5.74, 6) is 0.602. The van der Waals surface area contributed by atoms with Gasteiger partial charge in [-0.05, 0) is 24.6 Å². The number of aliphatic hydroxyl groups excluding tert-OH is 1. The zero-order valence-corrected chi connectivity index (χ0v) is 8.54. The van der Waals surface area contributed by atoms with E-state index in [1.165, 1.54) is 0 Å². The van der Waals surface area contributed by atoms with Gasteiger partial charge in [-0.1, -0.05) is 18.5 Å². The van der Waals surface area contributed by atoms with Crippen molar-refractivity contribution in [3.63, 3.8) is 0 Å². The average molecular weight is 211 g/mol. The summed E-state index contributed by atoms with van der Waals surface area (Å²) < 4.78 is 0. The average Bonchev–Trinajstić information content (AvgIpc) is 2.59. The highest BCUT2D eigenvalue weighted by Crippen LogP contribution is 2.20. The summed E-state index contributed by atoms with van der Waals surface area (Å²) in [5.41, 5.74) is 1.69. The number of H-pyrrole nitrogens is 1. The molecule has 0 spiro atoms. The van der Waals surface area contributed by atoms with Gasteiger partial charge in [0.2, 0.25) is 0 Å². The highest BCUT2D eigenvalue weighted by atomic mass is 35.5. The lowest BCUT2D eigenvalue weighted by molar-refractivity contribution is 0.165. The number of hydrogen-bond donors (Lipinski definition) is 2. The van der Waals surface area contributed by atoms with E-state index in [0.29, 0.717) is 17.3 Å². The van der Waals surface area contributed by atoms with Crippen LogP contribution >= 0.6 is 11.6 Å². The molecule has 2 N–H and O–H groups in total. The van der Waals surface area contributed by atoms with Crippen LogP contribution in [0, 0.1) is 0 Å². The molecule has 4 heteroatoms. The molecule has 0 radical (unpaired) electrons. The highest BCUT2D eigenvalue weighted by molar-refractivity contribution is 6.31. The van der Waals surface area contributed by atoms with Crippen LogP contribution in [-0.4, -0.2) is 15.1 Å². The summed E-state index contributed by atoms with van der Waals surface area (Å²) in [4.78, 5) is 7.30. The predicted molar refractivity (Wildman–Crippen MR) is 56.4 cm³/mol. The minimum Gasteiger partial charge on any atom is -0.385 e. The van der Waals surface area contributed by atoms with Gasteiger partial charge in [0.15, 0.2) is 0 Å². The Morgan fingerprint density at radius 3 is 3.07 bits per heavy atom. The molecule has 0 unspecified atom stereocenters. The van der Waals surface area contributed by atoms with E-state index in [1.807, 2.05) is 13.0 Å². The Hall–Kier alpha value is -1.06. The lowest BCUT2D eigenvalue weighted by Crippen LogP contribution is -1.96. The molecule has 0 aliphatic carbocycles. The van der Waals surface area contributed by atoms with Crippen molar-refractivity contribution in [1.82, 2.24) is 9.97 Å². The zero-order valence-electron chi connectivity index (χ0n) is 7.79. The van der Waals surface area contributed by atoms with Crippen molar-refractivity contribution in [3.8, 4) is 0 Å². The molecular formula is C10H11ClN2O. The van der Waals surface area contributed by atoms with Gasteiger partial charge in [0.25, 0.3) is 0 Å². The molecule has 1 heterocycles. The third kappa shape index (κ3) is 1.61. The standard InChI is InChI=1S/C10H11ClN2O/c1-2-9(14)10-12-7-4-3-6(11)5-8(7)13-10/h3-5,9,14H,2H2,1H3,(H,12,13)/t9-/m0/s1. The minimum absolute atomic E-state index is 0.527. The first-order valence-corrected chi connectivity index (χ1v) is 4.91. The normalized spacial score (nSPS) is 13.4. The van der Waals surface area contributed by atoms with Crippen LogP contribution < -0.4 is 0 Å². The molecule has 0 bridgehead atoms. The third-order valence-electron chi connectivity index (χ3n) is 2.16. The van der Waals surface area contributed by atoms with E-state index in [1.54, 1.807) is 12.1 Å². The van der Waals surface area contributed by atoms with E-state index < -0.39 is 6.10 Å². The molecule has 1 aromatic carbocycles. The Kier molecular flexibility index (Phi) is 2.44. The molecule has 0 amide bonds. The quantitative estimate of drug-likeness (QED) is 0.801. The van der Waals surface area contributed by atoms with Crippen LogP contribution in [0.15, 0.2) is 18.2 Å². The molecular weight excluding hydrogens is 200 g/mol. The monoisotopic (exact) mass is 210 g/mol. The molecule has 3 nitrogen and oxygen atoms in total. The van der Waals surface area contributed by atoms with Crippen molar-refractivity contribution in [2.24, 2.45) is 0 Å². The van der Waals surface area contributed by atoms with Gasteiger partial charge in [-0.2, -0.15) is 0 Å². The second-order valence-corrected chi connectivity index (χ2v) is 3.64. The number of nitrogens with zero attached hydrogens (tertiary/aromatic N) is 1. The van der Waals surface area contributed by atoms with Gasteiger partial charge in [-0.25, -0.2) is 4.98 Å². The van der Waals surface area contributed by atoms with Crippen LogP contribution in [0.4, 0.5) is 0 Å². The van der Waals surface area contributed by atoms with Gasteiger partial charge in [0, 0.05) is 5.02 Å². The van der Waals surface area contributed by atoms with Crippen LogP contribution in [-0.2, 0) is 0 Å². The Labute approximate surface area is 86.7 Å². The fourth-order valence-corrected chi connectivity index (χ4v) is 1.52. The van der Waals surface area contributed by atoms with Crippen molar-refractivity contribution >= 4 is 22.6 Å². The molecule has 1 atom stereocenters. The Bertz CT molecular complexity index is 452. The number of aromatic amines is 1. The molecule has 0 saturated heterocycles. The van der Waals surface area contributed by atoms with E-state index in [2.05, 4.69) is 9.97 Å². The summed E-state index contributed by atoms with van der Waals surface area (Å²) in [6.07, 6.45) is 0.120. The third-order valence-corrected chi connectivity index (χ3v) is 2.40. The number of fused-ring (bicyclic) bond motifs is 1. The number of aromatic nitrogens is 2. The zero-order chi connectivity index (χ0) is 10.1. The second-order valence-electron chi connectivity index (χ2n) is 3.21. The second kappa shape index (κ2) is 3.59. The Morgan fingerprint density at radius 2 is 2.36 bits per heavy atom. The maximum absolute atomic E-state index is 9.57. The number of hydrogen-bond acceptors (Lipinski definition) is 2. The van der Waals surface area contributed by atoms with Crippen LogP contribution in [0.25, 0.3) is 11.0 Å². The fourth-order valence-electron chi connectivity index (χ4n) is 1.35. The van der Waals surface area contributed by atoms with E-state index in [-0.39, 0.29) is 0 Å². The molecule has 0 aliphatic rings. The number of nitrogens with one attached hydrogen (secondary N) is 1. The van der Waals surface area contributed by atoms with Crippen LogP contribution in [0.1, 0.15) is 25.3 Å². The van der Waals surface area contributed by atoms with E-state index in [0.717, 1.165) is 11.0 Å². The van der Waals surface area contributed by atoms with Gasteiger partial charge in [-0.15, -0.1) is 0 Å². The van der Waals surface area contributed by atoms with Crippen LogP contribution in [0.3, 0.4) is 0 Å². The number of imidazole rings is 1. The van der Waals surface area contributed by atoms with Crippen molar-refractivity contribution in [1.29, 1.82) is 0 Å². The van der Waals surface area contributed by atoms with Gasteiger partial charge in [0.05, 0.1) is 11.0 Å². The maximum Gasteiger partial charge on any atom is 0.136 e. The molecule has 1 aromatic heterocycles. The van der Waals surface area contributed by atoms with Crippen molar-refractivity contribution in [2.45, 2.75) is 19.4 Å². The first-order valence-electron chi connectivity index (χ1n) is 4.54. The van der Waals surface area contributed by atoms with Gasteiger partial charge in [0.1, 0.15) is 11.9 Å².